The zero-order valence-electron chi connectivity index (χ0n) is 19.7. The van der Waals surface area contributed by atoms with E-state index in [2.05, 4.69) is 10.3 Å². The molecule has 4 rings (SSSR count). The van der Waals surface area contributed by atoms with E-state index < -0.39 is 0 Å². The second-order valence-corrected chi connectivity index (χ2v) is 8.99. The highest BCUT2D eigenvalue weighted by molar-refractivity contribution is 8.00. The number of imidazole rings is 1. The Morgan fingerprint density at radius 1 is 0.914 bits per heavy atom. The summed E-state index contributed by atoms with van der Waals surface area (Å²) >= 11 is 1.40. The summed E-state index contributed by atoms with van der Waals surface area (Å²) in [5, 5.41) is 3.28. The van der Waals surface area contributed by atoms with Gasteiger partial charge in [-0.1, -0.05) is 79.3 Å². The molecule has 2 N–H and O–H groups in total. The van der Waals surface area contributed by atoms with E-state index in [-0.39, 0.29) is 17.1 Å². The minimum atomic E-state index is -0.381. The van der Waals surface area contributed by atoms with Crippen LogP contribution in [0.5, 0.6) is 0 Å². The van der Waals surface area contributed by atoms with Gasteiger partial charge < -0.3 is 15.0 Å². The van der Waals surface area contributed by atoms with Crippen LogP contribution in [-0.4, -0.2) is 33.7 Å². The van der Waals surface area contributed by atoms with Crippen molar-refractivity contribution in [3.05, 3.63) is 90.5 Å². The number of hydrogen-bond donors (Lipinski definition) is 2. The van der Waals surface area contributed by atoms with Crippen LogP contribution >= 0.6 is 11.8 Å². The number of nitrogens with zero attached hydrogens (tertiary/aromatic N) is 1. The molecule has 6 nitrogen and oxygen atoms in total. The predicted molar refractivity (Wildman–Crippen MR) is 140 cm³/mol. The Hall–Kier alpha value is -3.84. The Kier molecular flexibility index (Phi) is 8.00. The highest BCUT2D eigenvalue weighted by Crippen LogP contribution is 2.34. The topological polar surface area (TPSA) is 84.1 Å². The monoisotopic (exact) mass is 485 g/mol. The third kappa shape index (κ3) is 6.00. The molecule has 4 aromatic rings. The molecule has 0 aliphatic heterocycles. The number of carbonyl (C=O) groups is 2. The molecular formula is C28H27N3O3S. The number of rotatable bonds is 9. The number of thioether (sulfide) groups is 1. The van der Waals surface area contributed by atoms with Crippen molar-refractivity contribution in [3.63, 3.8) is 0 Å². The number of carbonyl (C=O) groups excluding carboxylic acids is 2. The number of ether oxygens (including phenoxy) is 1. The largest absolute Gasteiger partial charge is 0.462 e. The molecular weight excluding hydrogens is 458 g/mol. The Balaban J connectivity index is 1.53. The second kappa shape index (κ2) is 11.5. The van der Waals surface area contributed by atoms with E-state index in [1.54, 1.807) is 31.2 Å². The third-order valence-corrected chi connectivity index (χ3v) is 6.62. The van der Waals surface area contributed by atoms with Crippen LogP contribution in [-0.2, 0) is 9.53 Å². The molecule has 1 heterocycles. The highest BCUT2D eigenvalue weighted by Gasteiger charge is 2.22. The molecule has 1 unspecified atom stereocenters. The van der Waals surface area contributed by atoms with Crippen LogP contribution in [0.2, 0.25) is 0 Å². The number of anilines is 1. The van der Waals surface area contributed by atoms with Crippen molar-refractivity contribution >= 4 is 29.3 Å². The Labute approximate surface area is 209 Å². The lowest BCUT2D eigenvalue weighted by Gasteiger charge is -2.13. The first-order chi connectivity index (χ1) is 17.1. The number of amides is 1. The van der Waals surface area contributed by atoms with Crippen LogP contribution in [0.15, 0.2) is 90.1 Å². The molecule has 1 amide bonds. The number of H-pyrrole nitrogens is 1. The number of hydrogen-bond acceptors (Lipinski definition) is 5. The summed E-state index contributed by atoms with van der Waals surface area (Å²) in [6.07, 6.45) is 0.624. The molecule has 0 aliphatic rings. The van der Waals surface area contributed by atoms with Gasteiger partial charge in [0.25, 0.3) is 0 Å². The van der Waals surface area contributed by atoms with Gasteiger partial charge in [-0.2, -0.15) is 0 Å². The summed E-state index contributed by atoms with van der Waals surface area (Å²) in [5.74, 6) is -0.506. The van der Waals surface area contributed by atoms with Crippen molar-refractivity contribution in [3.8, 4) is 22.5 Å². The van der Waals surface area contributed by atoms with Gasteiger partial charge >= 0.3 is 5.97 Å². The molecule has 0 saturated heterocycles. The maximum absolute atomic E-state index is 13.0. The minimum Gasteiger partial charge on any atom is -0.462 e. The van der Waals surface area contributed by atoms with Gasteiger partial charge in [-0.05, 0) is 37.6 Å². The Morgan fingerprint density at radius 2 is 1.54 bits per heavy atom. The Morgan fingerprint density at radius 3 is 2.14 bits per heavy atom. The van der Waals surface area contributed by atoms with Crippen molar-refractivity contribution in [2.75, 3.05) is 11.9 Å². The Bertz CT molecular complexity index is 1220. The molecule has 1 atom stereocenters. The van der Waals surface area contributed by atoms with Gasteiger partial charge in [0.2, 0.25) is 5.91 Å². The second-order valence-electron chi connectivity index (χ2n) is 7.80. The van der Waals surface area contributed by atoms with Gasteiger partial charge in [0.15, 0.2) is 5.16 Å². The maximum Gasteiger partial charge on any atom is 0.338 e. The minimum absolute atomic E-state index is 0.125. The van der Waals surface area contributed by atoms with E-state index in [0.717, 1.165) is 22.5 Å². The molecule has 35 heavy (non-hydrogen) atoms. The van der Waals surface area contributed by atoms with Crippen molar-refractivity contribution in [2.24, 2.45) is 0 Å². The van der Waals surface area contributed by atoms with Gasteiger partial charge in [-0.25, -0.2) is 9.78 Å². The first-order valence-corrected chi connectivity index (χ1v) is 12.4. The normalized spacial score (nSPS) is 11.6. The molecule has 1 aromatic heterocycles. The number of benzene rings is 3. The van der Waals surface area contributed by atoms with Gasteiger partial charge in [-0.3, -0.25) is 4.79 Å². The molecule has 3 aromatic carbocycles. The third-order valence-electron chi connectivity index (χ3n) is 5.37. The summed E-state index contributed by atoms with van der Waals surface area (Å²) < 4.78 is 5.01. The summed E-state index contributed by atoms with van der Waals surface area (Å²) in [6, 6.07) is 26.8. The SMILES string of the molecule is CCOC(=O)c1ccc(NC(=O)C(CC)Sc2nc(-c3ccccc3)c(-c3ccccc3)[nH]2)cc1. The lowest BCUT2D eigenvalue weighted by molar-refractivity contribution is -0.115. The molecule has 178 valence electrons. The molecule has 0 bridgehead atoms. The zero-order chi connectivity index (χ0) is 24.6. The van der Waals surface area contributed by atoms with Crippen LogP contribution in [0.1, 0.15) is 30.6 Å². The van der Waals surface area contributed by atoms with Gasteiger partial charge in [0.05, 0.1) is 28.8 Å². The fourth-order valence-corrected chi connectivity index (χ4v) is 4.52. The van der Waals surface area contributed by atoms with Gasteiger partial charge in [-0.15, -0.1) is 0 Å². The average Bonchev–Trinajstić information content (AvgIpc) is 3.33. The fourth-order valence-electron chi connectivity index (χ4n) is 3.61. The first kappa shape index (κ1) is 24.3. The van der Waals surface area contributed by atoms with Gasteiger partial charge in [0, 0.05) is 16.8 Å². The van der Waals surface area contributed by atoms with Crippen LogP contribution in [0.25, 0.3) is 22.5 Å². The van der Waals surface area contributed by atoms with Crippen molar-refractivity contribution in [2.45, 2.75) is 30.7 Å². The van der Waals surface area contributed by atoms with E-state index in [1.807, 2.05) is 67.6 Å². The molecule has 0 aliphatic carbocycles. The van der Waals surface area contributed by atoms with Crippen LogP contribution in [0, 0.1) is 0 Å². The molecule has 7 heteroatoms. The lowest BCUT2D eigenvalue weighted by Crippen LogP contribution is -2.24. The van der Waals surface area contributed by atoms with Crippen LogP contribution in [0.4, 0.5) is 5.69 Å². The van der Waals surface area contributed by atoms with E-state index in [0.29, 0.717) is 29.4 Å². The van der Waals surface area contributed by atoms with Crippen LogP contribution in [0.3, 0.4) is 0 Å². The lowest BCUT2D eigenvalue weighted by atomic mass is 10.1. The number of esters is 1. The smallest absolute Gasteiger partial charge is 0.338 e. The van der Waals surface area contributed by atoms with Crippen molar-refractivity contribution < 1.29 is 14.3 Å². The van der Waals surface area contributed by atoms with E-state index in [4.69, 9.17) is 9.72 Å². The highest BCUT2D eigenvalue weighted by atomic mass is 32.2. The number of aromatic nitrogens is 2. The number of aromatic amines is 1. The average molecular weight is 486 g/mol. The first-order valence-electron chi connectivity index (χ1n) is 11.5. The quantitative estimate of drug-likeness (QED) is 0.211. The summed E-state index contributed by atoms with van der Waals surface area (Å²) in [5.41, 5.74) is 4.88. The molecule has 0 saturated carbocycles. The molecule has 0 radical (unpaired) electrons. The predicted octanol–water partition coefficient (Wildman–Crippen LogP) is 6.43. The zero-order valence-corrected chi connectivity index (χ0v) is 20.5. The van der Waals surface area contributed by atoms with E-state index in [9.17, 15) is 9.59 Å². The van der Waals surface area contributed by atoms with Crippen molar-refractivity contribution in [1.29, 1.82) is 0 Å². The fraction of sp³-hybridized carbons (Fsp3) is 0.179. The van der Waals surface area contributed by atoms with E-state index in [1.165, 1.54) is 11.8 Å². The van der Waals surface area contributed by atoms with Gasteiger partial charge in [0.1, 0.15) is 0 Å². The molecule has 0 spiro atoms. The number of nitrogens with one attached hydrogen (secondary N) is 2. The summed E-state index contributed by atoms with van der Waals surface area (Å²) in [7, 11) is 0. The van der Waals surface area contributed by atoms with Crippen LogP contribution < -0.4 is 5.32 Å². The standard InChI is InChI=1S/C28H27N3O3S/c1-3-23(26(32)29-22-17-15-21(16-18-22)27(33)34-4-2)35-28-30-24(19-11-7-5-8-12-19)25(31-28)20-13-9-6-10-14-20/h5-18,23H,3-4H2,1-2H3,(H,29,32)(H,30,31). The van der Waals surface area contributed by atoms with Crippen molar-refractivity contribution in [1.82, 2.24) is 9.97 Å². The molecule has 0 fully saturated rings. The summed E-state index contributed by atoms with van der Waals surface area (Å²) in [4.78, 5) is 33.2. The summed E-state index contributed by atoms with van der Waals surface area (Å²) in [6.45, 7) is 4.05. The van der Waals surface area contributed by atoms with E-state index >= 15 is 0 Å². The maximum atomic E-state index is 13.0.